The predicted molar refractivity (Wildman–Crippen MR) is 110 cm³/mol. The Morgan fingerprint density at radius 1 is 0.964 bits per heavy atom. The first-order valence-electron chi connectivity index (χ1n) is 9.25. The molecule has 0 bridgehead atoms. The third-order valence-corrected chi connectivity index (χ3v) is 5.62. The van der Waals surface area contributed by atoms with Gasteiger partial charge in [-0.2, -0.15) is 5.10 Å². The molecule has 5 rings (SSSR count). The van der Waals surface area contributed by atoms with Crippen LogP contribution in [0.3, 0.4) is 0 Å². The van der Waals surface area contributed by atoms with Crippen LogP contribution in [0.1, 0.15) is 35.4 Å². The maximum absolute atomic E-state index is 6.52. The van der Waals surface area contributed by atoms with Crippen molar-refractivity contribution in [2.24, 2.45) is 5.10 Å². The summed E-state index contributed by atoms with van der Waals surface area (Å²) in [4.78, 5) is 0. The molecule has 0 amide bonds. The summed E-state index contributed by atoms with van der Waals surface area (Å²) in [6, 6.07) is 24.1. The lowest BCUT2D eigenvalue weighted by Crippen LogP contribution is -2.34. The zero-order valence-electron chi connectivity index (χ0n) is 15.4. The molecular formula is C23H19ClN2O2. The molecular weight excluding hydrogens is 372 g/mol. The number of methoxy groups -OCH3 is 1. The summed E-state index contributed by atoms with van der Waals surface area (Å²) in [5.74, 6) is 1.49. The Kier molecular flexibility index (Phi) is 4.21. The lowest BCUT2D eigenvalue weighted by atomic mass is 9.95. The highest BCUT2D eigenvalue weighted by atomic mass is 35.5. The number of nitrogens with zero attached hydrogens (tertiary/aromatic N) is 2. The molecule has 0 aliphatic carbocycles. The van der Waals surface area contributed by atoms with Crippen molar-refractivity contribution >= 4 is 17.3 Å². The fourth-order valence-electron chi connectivity index (χ4n) is 3.93. The molecule has 2 heterocycles. The molecule has 2 aliphatic rings. The Hall–Kier alpha value is -2.98. The molecule has 4 nitrogen and oxygen atoms in total. The van der Waals surface area contributed by atoms with E-state index in [1.807, 2.05) is 59.6 Å². The maximum atomic E-state index is 6.52. The molecule has 2 atom stereocenters. The topological polar surface area (TPSA) is 34.1 Å². The predicted octanol–water partition coefficient (Wildman–Crippen LogP) is 5.59. The molecule has 140 valence electrons. The third-order valence-electron chi connectivity index (χ3n) is 5.28. The van der Waals surface area contributed by atoms with Gasteiger partial charge in [0.05, 0.1) is 18.9 Å². The average Bonchev–Trinajstić information content (AvgIpc) is 3.20. The molecule has 3 aromatic carbocycles. The standard InChI is InChI=1S/C23H19ClN2O2/c1-27-21-13-7-11-17-20-14-19(15-8-3-2-4-9-15)25-26(20)23(28-22(17)21)16-10-5-6-12-18(16)24/h2-13,20,23H,14H2,1H3/t20-,23-/m1/s1. The zero-order chi connectivity index (χ0) is 19.1. The number of hydrogen-bond acceptors (Lipinski definition) is 4. The van der Waals surface area contributed by atoms with Crippen LogP contribution in [0.5, 0.6) is 11.5 Å². The van der Waals surface area contributed by atoms with Crippen LogP contribution in [-0.4, -0.2) is 17.8 Å². The van der Waals surface area contributed by atoms with E-state index in [1.165, 1.54) is 0 Å². The number of para-hydroxylation sites is 1. The largest absolute Gasteiger partial charge is 0.493 e. The van der Waals surface area contributed by atoms with Crippen molar-refractivity contribution in [3.63, 3.8) is 0 Å². The number of rotatable bonds is 3. The van der Waals surface area contributed by atoms with Crippen LogP contribution in [0.2, 0.25) is 5.02 Å². The normalized spacial score (nSPS) is 20.1. The Balaban J connectivity index is 1.65. The lowest BCUT2D eigenvalue weighted by molar-refractivity contribution is -0.0208. The third kappa shape index (κ3) is 2.72. The van der Waals surface area contributed by atoms with Crippen molar-refractivity contribution in [2.45, 2.75) is 18.7 Å². The van der Waals surface area contributed by atoms with E-state index in [4.69, 9.17) is 26.2 Å². The van der Waals surface area contributed by atoms with Gasteiger partial charge in [0.25, 0.3) is 0 Å². The van der Waals surface area contributed by atoms with Crippen LogP contribution in [0.4, 0.5) is 0 Å². The van der Waals surface area contributed by atoms with Crippen molar-refractivity contribution in [2.75, 3.05) is 7.11 Å². The second-order valence-electron chi connectivity index (χ2n) is 6.88. The molecule has 0 spiro atoms. The number of fused-ring (bicyclic) bond motifs is 3. The van der Waals surface area contributed by atoms with Gasteiger partial charge >= 0.3 is 0 Å². The Bertz CT molecular complexity index is 1050. The fourth-order valence-corrected chi connectivity index (χ4v) is 4.16. The van der Waals surface area contributed by atoms with Crippen molar-refractivity contribution in [3.8, 4) is 11.5 Å². The van der Waals surface area contributed by atoms with Gasteiger partial charge in [0.15, 0.2) is 11.5 Å². The van der Waals surface area contributed by atoms with Gasteiger partial charge in [-0.15, -0.1) is 0 Å². The number of hydrogen-bond donors (Lipinski definition) is 0. The van der Waals surface area contributed by atoms with Gasteiger partial charge in [-0.3, -0.25) is 0 Å². The second kappa shape index (κ2) is 6.88. The van der Waals surface area contributed by atoms with Gasteiger partial charge in [-0.25, -0.2) is 5.01 Å². The molecule has 0 unspecified atom stereocenters. The summed E-state index contributed by atoms with van der Waals surface area (Å²) in [6.07, 6.45) is 0.387. The first-order valence-corrected chi connectivity index (χ1v) is 9.63. The van der Waals surface area contributed by atoms with Gasteiger partial charge in [0.1, 0.15) is 0 Å². The summed E-state index contributed by atoms with van der Waals surface area (Å²) >= 11 is 6.52. The van der Waals surface area contributed by atoms with E-state index in [9.17, 15) is 0 Å². The van der Waals surface area contributed by atoms with E-state index >= 15 is 0 Å². The summed E-state index contributed by atoms with van der Waals surface area (Å²) in [5, 5.41) is 7.65. The van der Waals surface area contributed by atoms with Gasteiger partial charge in [0.2, 0.25) is 6.23 Å². The quantitative estimate of drug-likeness (QED) is 0.584. The van der Waals surface area contributed by atoms with Crippen LogP contribution in [-0.2, 0) is 0 Å². The van der Waals surface area contributed by atoms with Crippen LogP contribution >= 0.6 is 11.6 Å². The molecule has 28 heavy (non-hydrogen) atoms. The van der Waals surface area contributed by atoms with Crippen LogP contribution < -0.4 is 9.47 Å². The molecule has 0 aromatic heterocycles. The maximum Gasteiger partial charge on any atom is 0.215 e. The molecule has 3 aromatic rings. The van der Waals surface area contributed by atoms with E-state index in [0.717, 1.165) is 40.3 Å². The van der Waals surface area contributed by atoms with E-state index in [-0.39, 0.29) is 6.04 Å². The number of ether oxygens (including phenoxy) is 2. The van der Waals surface area contributed by atoms with E-state index in [2.05, 4.69) is 18.2 Å². The Labute approximate surface area is 169 Å². The van der Waals surface area contributed by atoms with Gasteiger partial charge in [-0.05, 0) is 17.7 Å². The summed E-state index contributed by atoms with van der Waals surface area (Å²) in [5.41, 5.74) is 4.14. The second-order valence-corrected chi connectivity index (χ2v) is 7.29. The minimum atomic E-state index is -0.413. The molecule has 2 aliphatic heterocycles. The highest BCUT2D eigenvalue weighted by Crippen LogP contribution is 2.51. The molecule has 0 saturated carbocycles. The Morgan fingerprint density at radius 2 is 1.71 bits per heavy atom. The first-order chi connectivity index (χ1) is 13.8. The average molecular weight is 391 g/mol. The highest BCUT2D eigenvalue weighted by Gasteiger charge is 2.42. The smallest absolute Gasteiger partial charge is 0.215 e. The van der Waals surface area contributed by atoms with Crippen molar-refractivity contribution in [1.29, 1.82) is 0 Å². The number of benzene rings is 3. The van der Waals surface area contributed by atoms with Crippen LogP contribution in [0.15, 0.2) is 77.9 Å². The minimum Gasteiger partial charge on any atom is -0.493 e. The zero-order valence-corrected chi connectivity index (χ0v) is 16.1. The van der Waals surface area contributed by atoms with Crippen molar-refractivity contribution < 1.29 is 9.47 Å². The molecule has 0 saturated heterocycles. The van der Waals surface area contributed by atoms with Gasteiger partial charge in [0, 0.05) is 22.6 Å². The summed E-state index contributed by atoms with van der Waals surface area (Å²) in [6.45, 7) is 0. The fraction of sp³-hybridized carbons (Fsp3) is 0.174. The monoisotopic (exact) mass is 390 g/mol. The van der Waals surface area contributed by atoms with Gasteiger partial charge < -0.3 is 9.47 Å². The van der Waals surface area contributed by atoms with E-state index in [0.29, 0.717) is 5.02 Å². The first kappa shape index (κ1) is 17.1. The summed E-state index contributed by atoms with van der Waals surface area (Å²) < 4.78 is 12.0. The van der Waals surface area contributed by atoms with E-state index < -0.39 is 6.23 Å². The lowest BCUT2D eigenvalue weighted by Gasteiger charge is -2.38. The van der Waals surface area contributed by atoms with Gasteiger partial charge in [-0.1, -0.05) is 72.3 Å². The number of hydrazone groups is 1. The minimum absolute atomic E-state index is 0.0651. The van der Waals surface area contributed by atoms with Crippen LogP contribution in [0.25, 0.3) is 0 Å². The summed E-state index contributed by atoms with van der Waals surface area (Å²) in [7, 11) is 1.66. The molecule has 0 N–H and O–H groups in total. The Morgan fingerprint density at radius 3 is 2.50 bits per heavy atom. The van der Waals surface area contributed by atoms with Crippen molar-refractivity contribution in [3.05, 3.63) is 94.5 Å². The molecule has 0 fully saturated rings. The number of halogens is 1. The van der Waals surface area contributed by atoms with Crippen LogP contribution in [0, 0.1) is 0 Å². The van der Waals surface area contributed by atoms with E-state index in [1.54, 1.807) is 7.11 Å². The highest BCUT2D eigenvalue weighted by molar-refractivity contribution is 6.31. The van der Waals surface area contributed by atoms with Crippen molar-refractivity contribution in [1.82, 2.24) is 5.01 Å². The molecule has 0 radical (unpaired) electrons. The molecule has 5 heteroatoms. The SMILES string of the molecule is COc1cccc2c1O[C@H](c1ccccc1Cl)N1N=C(c3ccccc3)C[C@H]21.